The van der Waals surface area contributed by atoms with Gasteiger partial charge in [0.15, 0.2) is 0 Å². The molecule has 3 N–H and O–H groups in total. The number of piperazine rings is 1. The number of hydrogen-bond acceptors (Lipinski definition) is 10. The Labute approximate surface area is 346 Å². The van der Waals surface area contributed by atoms with Gasteiger partial charge in [0.25, 0.3) is 5.91 Å². The normalized spacial score (nSPS) is 22.8. The number of carbonyl (C=O) groups is 3. The third kappa shape index (κ3) is 8.04. The molecule has 314 valence electrons. The lowest BCUT2D eigenvalue weighted by Gasteiger charge is -2.42. The molecule has 2 bridgehead atoms. The molecule has 2 atom stereocenters. The maximum atomic E-state index is 15.1. The van der Waals surface area contributed by atoms with Gasteiger partial charge >= 0.3 is 0 Å². The zero-order chi connectivity index (χ0) is 41.7. The van der Waals surface area contributed by atoms with Gasteiger partial charge in [-0.25, -0.2) is 18.4 Å². The van der Waals surface area contributed by atoms with Crippen LogP contribution in [-0.4, -0.2) is 92.3 Å². The molecule has 60 heavy (non-hydrogen) atoms. The first-order chi connectivity index (χ1) is 28.9. The summed E-state index contributed by atoms with van der Waals surface area (Å²) in [6.07, 6.45) is 5.44. The predicted molar refractivity (Wildman–Crippen MR) is 223 cm³/mol. The van der Waals surface area contributed by atoms with Crippen molar-refractivity contribution in [1.82, 2.24) is 34.5 Å². The molecule has 3 fully saturated rings. The summed E-state index contributed by atoms with van der Waals surface area (Å²) in [5.74, 6) is -2.00. The number of aromatic nitrogens is 5. The molecule has 1 aliphatic carbocycles. The summed E-state index contributed by atoms with van der Waals surface area (Å²) in [5, 5.41) is 13.0. The van der Waals surface area contributed by atoms with E-state index in [9.17, 15) is 14.4 Å². The van der Waals surface area contributed by atoms with E-state index in [1.807, 2.05) is 20.0 Å². The number of anilines is 3. The second-order valence-electron chi connectivity index (χ2n) is 17.0. The number of pyridine rings is 1. The van der Waals surface area contributed by atoms with Crippen LogP contribution in [0.2, 0.25) is 0 Å². The fourth-order valence-corrected chi connectivity index (χ4v) is 9.24. The molecule has 16 heteroatoms. The highest BCUT2D eigenvalue weighted by molar-refractivity contribution is 6.05. The van der Waals surface area contributed by atoms with Gasteiger partial charge in [0.2, 0.25) is 23.6 Å². The quantitative estimate of drug-likeness (QED) is 0.174. The Bertz CT molecular complexity index is 2450. The number of carbonyl (C=O) groups excluding carboxylic acids is 3. The zero-order valence-corrected chi connectivity index (χ0v) is 34.1. The predicted octanol–water partition coefficient (Wildman–Crippen LogP) is 6.01. The minimum atomic E-state index is -1.01. The molecule has 9 rings (SSSR count). The van der Waals surface area contributed by atoms with Crippen LogP contribution in [0.1, 0.15) is 73.0 Å². The van der Waals surface area contributed by atoms with Crippen molar-refractivity contribution in [3.05, 3.63) is 77.1 Å². The third-order valence-electron chi connectivity index (χ3n) is 12.4. The topological polar surface area (TPSA) is 152 Å². The highest BCUT2D eigenvalue weighted by Crippen LogP contribution is 2.36. The smallest absolute Gasteiger partial charge is 0.258 e. The van der Waals surface area contributed by atoms with Crippen molar-refractivity contribution in [2.75, 3.05) is 54.9 Å². The van der Waals surface area contributed by atoms with Crippen LogP contribution >= 0.6 is 0 Å². The fraction of sp³-hybridized carbons (Fsp3) is 0.455. The molecule has 2 saturated heterocycles. The van der Waals surface area contributed by atoms with E-state index in [2.05, 4.69) is 54.5 Å². The lowest BCUT2D eigenvalue weighted by atomic mass is 9.79. The maximum Gasteiger partial charge on any atom is 0.258 e. The van der Waals surface area contributed by atoms with Crippen LogP contribution in [0.25, 0.3) is 22.3 Å². The van der Waals surface area contributed by atoms with Gasteiger partial charge in [-0.3, -0.25) is 34.9 Å². The molecule has 5 aromatic rings. The second-order valence-corrected chi connectivity index (χ2v) is 17.0. The number of nitrogens with one attached hydrogen (secondary N) is 3. The van der Waals surface area contributed by atoms with E-state index in [0.717, 1.165) is 80.7 Å². The number of hydrogen-bond donors (Lipinski definition) is 3. The maximum absolute atomic E-state index is 15.1. The number of benzene rings is 2. The molecule has 0 unspecified atom stereocenters. The van der Waals surface area contributed by atoms with E-state index in [4.69, 9.17) is 14.7 Å². The summed E-state index contributed by atoms with van der Waals surface area (Å²) in [6, 6.07) is 12.5. The Kier molecular flexibility index (Phi) is 10.7. The highest BCUT2D eigenvalue weighted by atomic mass is 19.1. The van der Waals surface area contributed by atoms with Gasteiger partial charge in [-0.2, -0.15) is 5.10 Å². The fourth-order valence-electron chi connectivity index (χ4n) is 9.24. The van der Waals surface area contributed by atoms with Crippen molar-refractivity contribution < 1.29 is 27.9 Å². The number of ether oxygens (including phenoxy) is 1. The van der Waals surface area contributed by atoms with E-state index in [1.54, 1.807) is 23.0 Å². The Morgan fingerprint density at radius 2 is 1.73 bits per heavy atom. The molecule has 0 radical (unpaired) electrons. The van der Waals surface area contributed by atoms with Crippen LogP contribution in [0.5, 0.6) is 5.88 Å². The standard InChI is InChI=1S/C44H50F2N10O4/c1-25-5-4-14-60-43-33(22-47-53(43)3)37-18-28(15-26(2)48-37)41(58)52-44-50-36-8-6-31(21-38(36)56(44)23-25)55-12-10-54(11-13-55)24-27-16-29(17-27)49-30-19-34(45)40(35(46)20-30)32-7-9-39(57)51-42(32)59/h6,8,15,18-22,25,27,29,32,49H,4-5,7,9-14,16-17,23-24H2,1-3H3,(H,50,52,58)(H,51,57,59)/t25-,27?,29?,32-/m1/s1. The van der Waals surface area contributed by atoms with Crippen LogP contribution in [0.4, 0.5) is 26.1 Å². The largest absolute Gasteiger partial charge is 0.477 e. The molecule has 3 aliphatic heterocycles. The molecule has 0 spiro atoms. The number of imidazole rings is 1. The third-order valence-corrected chi connectivity index (χ3v) is 12.4. The first kappa shape index (κ1) is 39.6. The van der Waals surface area contributed by atoms with Crippen LogP contribution in [0, 0.1) is 30.4 Å². The highest BCUT2D eigenvalue weighted by Gasteiger charge is 2.35. The summed E-state index contributed by atoms with van der Waals surface area (Å²) in [4.78, 5) is 52.1. The van der Waals surface area contributed by atoms with Gasteiger partial charge in [-0.05, 0) is 93.3 Å². The second kappa shape index (κ2) is 16.3. The SMILES string of the molecule is Cc1cc2cc(n1)-c1cnn(C)c1OCCC[C@@H](C)Cn1c(nc3ccc(N4CCN(CC5CC(Nc6cc(F)c([C@H]7CCC(=O)NC7=O)c(F)c6)C5)CC4)cc31)NC2=O. The average Bonchev–Trinajstić information content (AvgIpc) is 3.73. The van der Waals surface area contributed by atoms with E-state index in [1.165, 1.54) is 12.1 Å². The molecule has 14 nitrogen and oxygen atoms in total. The number of piperidine rings is 1. The van der Waals surface area contributed by atoms with Crippen molar-refractivity contribution in [2.24, 2.45) is 18.9 Å². The number of fused-ring (bicyclic) bond motifs is 7. The number of amides is 3. The number of rotatable bonds is 6. The van der Waals surface area contributed by atoms with E-state index in [0.29, 0.717) is 53.5 Å². The van der Waals surface area contributed by atoms with Gasteiger partial charge in [0, 0.05) is 87.0 Å². The van der Waals surface area contributed by atoms with Gasteiger partial charge in [-0.1, -0.05) is 6.92 Å². The van der Waals surface area contributed by atoms with Crippen LogP contribution in [0.3, 0.4) is 0 Å². The first-order valence-corrected chi connectivity index (χ1v) is 21.0. The summed E-state index contributed by atoms with van der Waals surface area (Å²) in [6.45, 7) is 9.82. The molecule has 2 aromatic carbocycles. The Balaban J connectivity index is 0.832. The Hall–Kier alpha value is -5.90. The van der Waals surface area contributed by atoms with Crippen molar-refractivity contribution in [1.29, 1.82) is 0 Å². The number of halogens is 2. The number of aryl methyl sites for hydroxylation is 2. The summed E-state index contributed by atoms with van der Waals surface area (Å²) in [5.41, 5.74) is 5.55. The zero-order valence-electron chi connectivity index (χ0n) is 34.1. The summed E-state index contributed by atoms with van der Waals surface area (Å²) < 4.78 is 40.2. The Morgan fingerprint density at radius 1 is 0.950 bits per heavy atom. The lowest BCUT2D eigenvalue weighted by molar-refractivity contribution is -0.134. The molecule has 1 saturated carbocycles. The van der Waals surface area contributed by atoms with Crippen LogP contribution in [-0.2, 0) is 23.2 Å². The monoisotopic (exact) mass is 820 g/mol. The van der Waals surface area contributed by atoms with Crippen molar-refractivity contribution in [2.45, 2.75) is 70.9 Å². The van der Waals surface area contributed by atoms with Crippen molar-refractivity contribution in [3.8, 4) is 17.1 Å². The van der Waals surface area contributed by atoms with Gasteiger partial charge in [0.1, 0.15) is 11.6 Å². The van der Waals surface area contributed by atoms with E-state index in [-0.39, 0.29) is 36.3 Å². The van der Waals surface area contributed by atoms with Crippen molar-refractivity contribution in [3.63, 3.8) is 0 Å². The molecule has 3 aromatic heterocycles. The lowest BCUT2D eigenvalue weighted by Crippen LogP contribution is -2.50. The van der Waals surface area contributed by atoms with Gasteiger partial charge in [0.05, 0.1) is 41.0 Å². The van der Waals surface area contributed by atoms with E-state index >= 15 is 8.78 Å². The minimum absolute atomic E-state index is 0.0554. The number of nitrogens with zero attached hydrogens (tertiary/aromatic N) is 7. The first-order valence-electron chi connectivity index (χ1n) is 21.0. The minimum Gasteiger partial charge on any atom is -0.477 e. The Morgan fingerprint density at radius 3 is 2.50 bits per heavy atom. The molecule has 3 amide bonds. The molecular formula is C44H50F2N10O4. The number of imide groups is 1. The van der Waals surface area contributed by atoms with E-state index < -0.39 is 29.4 Å². The summed E-state index contributed by atoms with van der Waals surface area (Å²) >= 11 is 0. The van der Waals surface area contributed by atoms with Gasteiger partial charge < -0.3 is 19.5 Å². The molecule has 6 heterocycles. The average molecular weight is 821 g/mol. The summed E-state index contributed by atoms with van der Waals surface area (Å²) in [7, 11) is 1.84. The molecule has 4 aliphatic rings. The van der Waals surface area contributed by atoms with Crippen LogP contribution in [0.15, 0.2) is 48.7 Å². The van der Waals surface area contributed by atoms with Gasteiger partial charge in [-0.15, -0.1) is 0 Å². The molecular weight excluding hydrogens is 771 g/mol. The van der Waals surface area contributed by atoms with Crippen molar-refractivity contribution >= 4 is 46.1 Å². The van der Waals surface area contributed by atoms with Crippen LogP contribution < -0.4 is 25.6 Å².